The summed E-state index contributed by atoms with van der Waals surface area (Å²) in [5.74, 6) is -0.545. The van der Waals surface area contributed by atoms with Crippen molar-refractivity contribution in [3.8, 4) is 0 Å². The Balaban J connectivity index is 2.00. The largest absolute Gasteiger partial charge is 0.468 e. The first kappa shape index (κ1) is 19.0. The molecule has 1 fully saturated rings. The van der Waals surface area contributed by atoms with E-state index in [0.29, 0.717) is 25.7 Å². The van der Waals surface area contributed by atoms with Crippen LogP contribution < -0.4 is 5.32 Å². The second-order valence-corrected chi connectivity index (χ2v) is 6.82. The van der Waals surface area contributed by atoms with Gasteiger partial charge in [-0.15, -0.1) is 0 Å². The number of hydrogen-bond acceptors (Lipinski definition) is 4. The summed E-state index contributed by atoms with van der Waals surface area (Å²) in [6, 6.07) is 8.23. The van der Waals surface area contributed by atoms with Gasteiger partial charge >= 0.3 is 5.97 Å². The number of nitrogens with one attached hydrogen (secondary N) is 1. The summed E-state index contributed by atoms with van der Waals surface area (Å²) in [5.41, 5.74) is 1.93. The van der Waals surface area contributed by atoms with E-state index in [0.717, 1.165) is 5.56 Å². The molecule has 25 heavy (non-hydrogen) atoms. The molecule has 6 heteroatoms. The third kappa shape index (κ3) is 5.31. The number of ether oxygens (including phenoxy) is 1. The van der Waals surface area contributed by atoms with Crippen molar-refractivity contribution in [2.24, 2.45) is 0 Å². The van der Waals surface area contributed by atoms with Crippen LogP contribution >= 0.6 is 0 Å². The third-order valence-corrected chi connectivity index (χ3v) is 4.74. The van der Waals surface area contributed by atoms with Gasteiger partial charge in [0.2, 0.25) is 11.8 Å². The van der Waals surface area contributed by atoms with E-state index in [1.807, 2.05) is 6.92 Å². The SMILES string of the molecule is COC(=O)CN(C)C(=O)CCC1(Cc2ccc(C)cc2)CCC(=O)N1. The fraction of sp³-hybridized carbons (Fsp3) is 0.526. The van der Waals surface area contributed by atoms with Gasteiger partial charge in [-0.1, -0.05) is 29.8 Å². The normalized spacial score (nSPS) is 19.4. The van der Waals surface area contributed by atoms with E-state index in [2.05, 4.69) is 34.3 Å². The quantitative estimate of drug-likeness (QED) is 0.761. The monoisotopic (exact) mass is 346 g/mol. The Morgan fingerprint density at radius 1 is 1.28 bits per heavy atom. The number of benzene rings is 1. The number of carbonyl (C=O) groups is 3. The van der Waals surface area contributed by atoms with Crippen LogP contribution in [-0.4, -0.2) is 48.9 Å². The third-order valence-electron chi connectivity index (χ3n) is 4.74. The second-order valence-electron chi connectivity index (χ2n) is 6.82. The predicted molar refractivity (Wildman–Crippen MR) is 93.9 cm³/mol. The molecule has 0 radical (unpaired) electrons. The molecule has 0 saturated carbocycles. The van der Waals surface area contributed by atoms with Crippen LogP contribution in [0, 0.1) is 6.92 Å². The highest BCUT2D eigenvalue weighted by Gasteiger charge is 2.38. The molecule has 1 aromatic carbocycles. The predicted octanol–water partition coefficient (Wildman–Crippen LogP) is 1.60. The molecule has 1 saturated heterocycles. The maximum atomic E-state index is 12.3. The van der Waals surface area contributed by atoms with Crippen LogP contribution in [0.1, 0.15) is 36.8 Å². The van der Waals surface area contributed by atoms with Crippen molar-refractivity contribution in [3.63, 3.8) is 0 Å². The van der Waals surface area contributed by atoms with Gasteiger partial charge in [0.15, 0.2) is 0 Å². The Morgan fingerprint density at radius 3 is 2.52 bits per heavy atom. The lowest BCUT2D eigenvalue weighted by atomic mass is 9.84. The maximum absolute atomic E-state index is 12.3. The number of amides is 2. The van der Waals surface area contributed by atoms with Crippen molar-refractivity contribution in [2.75, 3.05) is 20.7 Å². The van der Waals surface area contributed by atoms with E-state index >= 15 is 0 Å². The highest BCUT2D eigenvalue weighted by Crippen LogP contribution is 2.30. The molecule has 2 rings (SSSR count). The Bertz CT molecular complexity index is 641. The number of hydrogen-bond donors (Lipinski definition) is 1. The van der Waals surface area contributed by atoms with E-state index < -0.39 is 11.5 Å². The first-order chi connectivity index (χ1) is 11.8. The van der Waals surface area contributed by atoms with Gasteiger partial charge in [0, 0.05) is 25.4 Å². The molecule has 1 N–H and O–H groups in total. The molecule has 0 spiro atoms. The number of methoxy groups -OCH3 is 1. The van der Waals surface area contributed by atoms with Crippen LogP contribution in [0.5, 0.6) is 0 Å². The zero-order valence-electron chi connectivity index (χ0n) is 15.1. The number of likely N-dealkylation sites (N-methyl/N-ethyl adjacent to an activating group) is 1. The number of nitrogens with zero attached hydrogens (tertiary/aromatic N) is 1. The minimum Gasteiger partial charge on any atom is -0.468 e. The Hall–Kier alpha value is -2.37. The van der Waals surface area contributed by atoms with Crippen LogP contribution in [0.3, 0.4) is 0 Å². The first-order valence-corrected chi connectivity index (χ1v) is 8.51. The summed E-state index contributed by atoms with van der Waals surface area (Å²) in [4.78, 5) is 36.7. The molecule has 1 aliphatic rings. The van der Waals surface area contributed by atoms with Crippen molar-refractivity contribution in [3.05, 3.63) is 35.4 Å². The summed E-state index contributed by atoms with van der Waals surface area (Å²) in [7, 11) is 2.88. The lowest BCUT2D eigenvalue weighted by Crippen LogP contribution is -2.45. The molecule has 0 bridgehead atoms. The summed E-state index contributed by atoms with van der Waals surface area (Å²) in [5, 5.41) is 3.08. The topological polar surface area (TPSA) is 75.7 Å². The molecule has 6 nitrogen and oxygen atoms in total. The standard InChI is InChI=1S/C19H26N2O4/c1-14-4-6-15(7-5-14)12-19(10-8-16(22)20-19)11-9-17(23)21(2)13-18(24)25-3/h4-7H,8-13H2,1-3H3,(H,20,22). The molecule has 1 heterocycles. The number of rotatable bonds is 7. The highest BCUT2D eigenvalue weighted by molar-refractivity contribution is 5.82. The van der Waals surface area contributed by atoms with Gasteiger partial charge in [-0.3, -0.25) is 14.4 Å². The Labute approximate surface area is 148 Å². The molecule has 0 aromatic heterocycles. The molecule has 0 aliphatic carbocycles. The van der Waals surface area contributed by atoms with Crippen LogP contribution in [0.4, 0.5) is 0 Å². The van der Waals surface area contributed by atoms with Gasteiger partial charge in [-0.2, -0.15) is 0 Å². The van der Waals surface area contributed by atoms with E-state index in [1.54, 1.807) is 7.05 Å². The van der Waals surface area contributed by atoms with Gasteiger partial charge in [0.1, 0.15) is 6.54 Å². The van der Waals surface area contributed by atoms with E-state index in [4.69, 9.17) is 0 Å². The first-order valence-electron chi connectivity index (χ1n) is 8.51. The number of esters is 1. The molecule has 136 valence electrons. The van der Waals surface area contributed by atoms with Gasteiger partial charge in [0.05, 0.1) is 7.11 Å². The van der Waals surface area contributed by atoms with Crippen molar-refractivity contribution in [1.29, 1.82) is 0 Å². The average Bonchev–Trinajstić information content (AvgIpc) is 2.95. The Kier molecular flexibility index (Phi) is 6.17. The lowest BCUT2D eigenvalue weighted by molar-refractivity contribution is -0.146. The zero-order chi connectivity index (χ0) is 18.4. The van der Waals surface area contributed by atoms with Crippen molar-refractivity contribution in [2.45, 2.75) is 44.6 Å². The van der Waals surface area contributed by atoms with Crippen molar-refractivity contribution >= 4 is 17.8 Å². The van der Waals surface area contributed by atoms with Crippen LogP contribution in [-0.2, 0) is 25.5 Å². The molecule has 1 aliphatic heterocycles. The molecule has 1 unspecified atom stereocenters. The average molecular weight is 346 g/mol. The fourth-order valence-electron chi connectivity index (χ4n) is 3.16. The van der Waals surface area contributed by atoms with Crippen LogP contribution in [0.2, 0.25) is 0 Å². The van der Waals surface area contributed by atoms with Gasteiger partial charge in [-0.25, -0.2) is 0 Å². The Morgan fingerprint density at radius 2 is 1.96 bits per heavy atom. The minimum atomic E-state index is -0.445. The molecule has 2 amide bonds. The van der Waals surface area contributed by atoms with Gasteiger partial charge in [-0.05, 0) is 31.7 Å². The van der Waals surface area contributed by atoms with E-state index in [9.17, 15) is 14.4 Å². The smallest absolute Gasteiger partial charge is 0.325 e. The summed E-state index contributed by atoms with van der Waals surface area (Å²) in [6.45, 7) is 1.97. The summed E-state index contributed by atoms with van der Waals surface area (Å²) >= 11 is 0. The maximum Gasteiger partial charge on any atom is 0.325 e. The summed E-state index contributed by atoms with van der Waals surface area (Å²) < 4.78 is 4.58. The van der Waals surface area contributed by atoms with Gasteiger partial charge < -0.3 is 15.0 Å². The zero-order valence-corrected chi connectivity index (χ0v) is 15.1. The van der Waals surface area contributed by atoms with Crippen LogP contribution in [0.25, 0.3) is 0 Å². The molecular formula is C19H26N2O4. The fourth-order valence-corrected chi connectivity index (χ4v) is 3.16. The molecule has 1 aromatic rings. The van der Waals surface area contributed by atoms with E-state index in [1.165, 1.54) is 17.6 Å². The van der Waals surface area contributed by atoms with E-state index in [-0.39, 0.29) is 24.8 Å². The van der Waals surface area contributed by atoms with Crippen molar-refractivity contribution < 1.29 is 19.1 Å². The molecular weight excluding hydrogens is 320 g/mol. The minimum absolute atomic E-state index is 0.0301. The lowest BCUT2D eigenvalue weighted by Gasteiger charge is -2.30. The van der Waals surface area contributed by atoms with Crippen LogP contribution in [0.15, 0.2) is 24.3 Å². The second kappa shape index (κ2) is 8.14. The van der Waals surface area contributed by atoms with Crippen molar-refractivity contribution in [1.82, 2.24) is 10.2 Å². The highest BCUT2D eigenvalue weighted by atomic mass is 16.5. The number of carbonyl (C=O) groups excluding carboxylic acids is 3. The summed E-state index contributed by atoms with van der Waals surface area (Å²) in [6.07, 6.45) is 2.73. The molecule has 1 atom stereocenters. The van der Waals surface area contributed by atoms with Gasteiger partial charge in [0.25, 0.3) is 0 Å². The number of aryl methyl sites for hydroxylation is 1.